The molecule has 82 valence electrons. The highest BCUT2D eigenvalue weighted by Crippen LogP contribution is 2.21. The van der Waals surface area contributed by atoms with E-state index in [2.05, 4.69) is 4.98 Å². The zero-order valence-electron chi connectivity index (χ0n) is 9.55. The van der Waals surface area contributed by atoms with Crippen molar-refractivity contribution in [2.24, 2.45) is 0 Å². The first kappa shape index (κ1) is 11.5. The van der Waals surface area contributed by atoms with E-state index in [-0.39, 0.29) is 5.82 Å². The van der Waals surface area contributed by atoms with Crippen LogP contribution in [0, 0.1) is 20.8 Å². The van der Waals surface area contributed by atoms with Crippen molar-refractivity contribution in [1.82, 2.24) is 4.98 Å². The number of nitrogens with zero attached hydrogens (tertiary/aromatic N) is 1. The number of aromatic nitrogens is 1. The number of hydrogen-bond acceptors (Lipinski definition) is 4. The number of rotatable bonds is 2. The number of carbonyl (C=O) groups is 1. The lowest BCUT2D eigenvalue weighted by molar-refractivity contribution is 0.0526. The molecule has 0 fully saturated rings. The van der Waals surface area contributed by atoms with Gasteiger partial charge in [0.05, 0.1) is 6.61 Å². The molecule has 0 spiro atoms. The molecule has 1 aromatic heterocycles. The summed E-state index contributed by atoms with van der Waals surface area (Å²) in [4.78, 5) is 15.7. The molecule has 4 nitrogen and oxygen atoms in total. The van der Waals surface area contributed by atoms with Crippen molar-refractivity contribution >= 4 is 11.8 Å². The minimum Gasteiger partial charge on any atom is -0.462 e. The summed E-state index contributed by atoms with van der Waals surface area (Å²) in [6, 6.07) is 0. The lowest BCUT2D eigenvalue weighted by Gasteiger charge is -2.12. The van der Waals surface area contributed by atoms with Crippen LogP contribution < -0.4 is 5.73 Å². The number of nitrogens with two attached hydrogens (primary N) is 1. The molecular formula is C11H16N2O2. The summed E-state index contributed by atoms with van der Waals surface area (Å²) in [5.74, 6) is -0.155. The van der Waals surface area contributed by atoms with Crippen molar-refractivity contribution in [2.75, 3.05) is 12.3 Å². The molecule has 0 radical (unpaired) electrons. The van der Waals surface area contributed by atoms with Crippen LogP contribution in [-0.2, 0) is 4.74 Å². The Morgan fingerprint density at radius 2 is 1.93 bits per heavy atom. The second kappa shape index (κ2) is 4.29. The summed E-state index contributed by atoms with van der Waals surface area (Å²) in [5.41, 5.74) is 8.77. The van der Waals surface area contributed by atoms with E-state index in [4.69, 9.17) is 10.5 Å². The molecule has 1 heterocycles. The van der Waals surface area contributed by atoms with Crippen molar-refractivity contribution in [2.45, 2.75) is 27.7 Å². The van der Waals surface area contributed by atoms with Crippen LogP contribution >= 0.6 is 0 Å². The van der Waals surface area contributed by atoms with Crippen molar-refractivity contribution in [3.8, 4) is 0 Å². The van der Waals surface area contributed by atoms with Gasteiger partial charge in [-0.15, -0.1) is 0 Å². The first-order valence-corrected chi connectivity index (χ1v) is 4.89. The lowest BCUT2D eigenvalue weighted by Crippen LogP contribution is -2.13. The molecule has 0 bridgehead atoms. The van der Waals surface area contributed by atoms with Gasteiger partial charge >= 0.3 is 5.97 Å². The minimum atomic E-state index is -0.400. The molecule has 0 aliphatic carbocycles. The van der Waals surface area contributed by atoms with E-state index in [1.54, 1.807) is 6.92 Å². The first-order chi connectivity index (χ1) is 6.99. The molecule has 0 aliphatic heterocycles. The summed E-state index contributed by atoms with van der Waals surface area (Å²) >= 11 is 0. The number of pyridine rings is 1. The number of hydrogen-bond donors (Lipinski definition) is 1. The van der Waals surface area contributed by atoms with Crippen molar-refractivity contribution in [1.29, 1.82) is 0 Å². The van der Waals surface area contributed by atoms with Gasteiger partial charge in [-0.25, -0.2) is 9.78 Å². The SMILES string of the molecule is CCOC(=O)c1c(N)nc(C)c(C)c1C. The predicted octanol–water partition coefficient (Wildman–Crippen LogP) is 1.77. The summed E-state index contributed by atoms with van der Waals surface area (Å²) in [6.45, 7) is 7.74. The fourth-order valence-corrected chi connectivity index (χ4v) is 1.43. The average molecular weight is 208 g/mol. The Morgan fingerprint density at radius 1 is 1.33 bits per heavy atom. The van der Waals surface area contributed by atoms with Gasteiger partial charge in [0.15, 0.2) is 0 Å². The van der Waals surface area contributed by atoms with Crippen LogP contribution in [0.2, 0.25) is 0 Å². The van der Waals surface area contributed by atoms with E-state index in [0.29, 0.717) is 12.2 Å². The van der Waals surface area contributed by atoms with Gasteiger partial charge in [-0.05, 0) is 38.8 Å². The molecule has 0 saturated heterocycles. The highest BCUT2D eigenvalue weighted by atomic mass is 16.5. The second-order valence-electron chi connectivity index (χ2n) is 3.43. The molecule has 2 N–H and O–H groups in total. The van der Waals surface area contributed by atoms with Crippen LogP contribution in [0.5, 0.6) is 0 Å². The lowest BCUT2D eigenvalue weighted by atomic mass is 10.0. The molecule has 15 heavy (non-hydrogen) atoms. The van der Waals surface area contributed by atoms with Crippen LogP contribution in [0.15, 0.2) is 0 Å². The van der Waals surface area contributed by atoms with Gasteiger partial charge < -0.3 is 10.5 Å². The van der Waals surface area contributed by atoms with Crippen LogP contribution in [0.3, 0.4) is 0 Å². The Morgan fingerprint density at radius 3 is 2.47 bits per heavy atom. The quantitative estimate of drug-likeness (QED) is 0.752. The summed E-state index contributed by atoms with van der Waals surface area (Å²) in [7, 11) is 0. The summed E-state index contributed by atoms with van der Waals surface area (Å²) < 4.78 is 4.93. The van der Waals surface area contributed by atoms with Crippen LogP contribution in [0.1, 0.15) is 34.1 Å². The van der Waals surface area contributed by atoms with E-state index in [9.17, 15) is 4.79 Å². The van der Waals surface area contributed by atoms with Crippen LogP contribution in [0.4, 0.5) is 5.82 Å². The molecule has 1 rings (SSSR count). The van der Waals surface area contributed by atoms with Crippen LogP contribution in [0.25, 0.3) is 0 Å². The monoisotopic (exact) mass is 208 g/mol. The average Bonchev–Trinajstić information content (AvgIpc) is 2.15. The predicted molar refractivity (Wildman–Crippen MR) is 58.8 cm³/mol. The molecule has 0 aliphatic rings. The Kier molecular flexibility index (Phi) is 3.29. The molecule has 0 atom stereocenters. The van der Waals surface area contributed by atoms with Gasteiger partial charge in [-0.2, -0.15) is 0 Å². The standard InChI is InChI=1S/C11H16N2O2/c1-5-15-11(14)9-7(3)6(2)8(4)13-10(9)12/h5H2,1-4H3,(H2,12,13). The Hall–Kier alpha value is -1.58. The zero-order chi connectivity index (χ0) is 11.6. The van der Waals surface area contributed by atoms with Gasteiger partial charge in [-0.3, -0.25) is 0 Å². The maximum absolute atomic E-state index is 11.6. The number of ether oxygens (including phenoxy) is 1. The Labute approximate surface area is 89.5 Å². The normalized spacial score (nSPS) is 10.1. The molecule has 0 aromatic carbocycles. The molecule has 0 saturated carbocycles. The molecule has 0 unspecified atom stereocenters. The maximum atomic E-state index is 11.6. The molecule has 0 amide bonds. The van der Waals surface area contributed by atoms with Crippen molar-refractivity contribution in [3.05, 3.63) is 22.4 Å². The van der Waals surface area contributed by atoms with Crippen molar-refractivity contribution < 1.29 is 9.53 Å². The fraction of sp³-hybridized carbons (Fsp3) is 0.455. The minimum absolute atomic E-state index is 0.244. The van der Waals surface area contributed by atoms with Crippen LogP contribution in [-0.4, -0.2) is 17.6 Å². The smallest absolute Gasteiger partial charge is 0.342 e. The first-order valence-electron chi connectivity index (χ1n) is 4.89. The Bertz CT molecular complexity index is 400. The second-order valence-corrected chi connectivity index (χ2v) is 3.43. The van der Waals surface area contributed by atoms with Gasteiger partial charge in [0.1, 0.15) is 11.4 Å². The van der Waals surface area contributed by atoms with E-state index >= 15 is 0 Å². The zero-order valence-corrected chi connectivity index (χ0v) is 9.55. The summed E-state index contributed by atoms with van der Waals surface area (Å²) in [5, 5.41) is 0. The molecule has 1 aromatic rings. The largest absolute Gasteiger partial charge is 0.462 e. The Balaban J connectivity index is 3.29. The molecule has 4 heteroatoms. The van der Waals surface area contributed by atoms with E-state index in [1.165, 1.54) is 0 Å². The van der Waals surface area contributed by atoms with E-state index in [0.717, 1.165) is 16.8 Å². The number of aryl methyl sites for hydroxylation is 1. The number of nitrogen functional groups attached to an aromatic ring is 1. The third-order valence-electron chi connectivity index (χ3n) is 2.50. The third kappa shape index (κ3) is 2.09. The number of carbonyl (C=O) groups excluding carboxylic acids is 1. The number of anilines is 1. The highest BCUT2D eigenvalue weighted by Gasteiger charge is 2.17. The summed E-state index contributed by atoms with van der Waals surface area (Å²) in [6.07, 6.45) is 0. The highest BCUT2D eigenvalue weighted by molar-refractivity contribution is 5.96. The van der Waals surface area contributed by atoms with Crippen molar-refractivity contribution in [3.63, 3.8) is 0 Å². The van der Waals surface area contributed by atoms with Gasteiger partial charge in [0, 0.05) is 5.69 Å². The van der Waals surface area contributed by atoms with Gasteiger partial charge in [0.2, 0.25) is 0 Å². The molecular weight excluding hydrogens is 192 g/mol. The fourth-order valence-electron chi connectivity index (χ4n) is 1.43. The maximum Gasteiger partial charge on any atom is 0.342 e. The van der Waals surface area contributed by atoms with Gasteiger partial charge in [0.25, 0.3) is 0 Å². The number of esters is 1. The topological polar surface area (TPSA) is 65.2 Å². The van der Waals surface area contributed by atoms with E-state index < -0.39 is 5.97 Å². The third-order valence-corrected chi connectivity index (χ3v) is 2.50. The van der Waals surface area contributed by atoms with Gasteiger partial charge in [-0.1, -0.05) is 0 Å². The van der Waals surface area contributed by atoms with E-state index in [1.807, 2.05) is 20.8 Å².